The number of hydrogen-bond donors (Lipinski definition) is 2. The van der Waals surface area contributed by atoms with Crippen LogP contribution in [0.3, 0.4) is 0 Å². The summed E-state index contributed by atoms with van der Waals surface area (Å²) in [7, 11) is -3.71. The zero-order valence-electron chi connectivity index (χ0n) is 14.4. The molecule has 2 heterocycles. The van der Waals surface area contributed by atoms with Gasteiger partial charge in [-0.05, 0) is 31.0 Å². The Bertz CT molecular complexity index is 1060. The molecule has 0 bridgehead atoms. The molecule has 0 amide bonds. The first-order chi connectivity index (χ1) is 12.9. The Morgan fingerprint density at radius 3 is 2.67 bits per heavy atom. The molecule has 0 spiro atoms. The lowest BCUT2D eigenvalue weighted by Crippen LogP contribution is -2.12. The van der Waals surface area contributed by atoms with Gasteiger partial charge in [-0.15, -0.1) is 0 Å². The molecule has 142 valence electrons. The second-order valence-corrected chi connectivity index (χ2v) is 7.08. The van der Waals surface area contributed by atoms with Crippen LogP contribution in [0.2, 0.25) is 0 Å². The van der Waals surface area contributed by atoms with Gasteiger partial charge in [-0.25, -0.2) is 23.3 Å². The van der Waals surface area contributed by atoms with E-state index in [4.69, 9.17) is 14.4 Å². The fourth-order valence-corrected chi connectivity index (χ4v) is 2.95. The molecule has 3 aromatic rings. The van der Waals surface area contributed by atoms with Crippen molar-refractivity contribution in [2.24, 2.45) is 5.14 Å². The lowest BCUT2D eigenvalue weighted by Gasteiger charge is -2.07. The largest absolute Gasteiger partial charge is 0.461 e. The smallest absolute Gasteiger partial charge is 0.361 e. The van der Waals surface area contributed by atoms with Crippen LogP contribution in [-0.2, 0) is 21.2 Å². The molecule has 0 unspecified atom stereocenters. The number of sulfonamides is 1. The van der Waals surface area contributed by atoms with Crippen molar-refractivity contribution in [3.63, 3.8) is 0 Å². The minimum atomic E-state index is -3.71. The van der Waals surface area contributed by atoms with Crippen molar-refractivity contribution >= 4 is 32.9 Å². The van der Waals surface area contributed by atoms with Gasteiger partial charge in [-0.3, -0.25) is 0 Å². The molecule has 0 radical (unpaired) electrons. The van der Waals surface area contributed by atoms with Crippen LogP contribution in [0.15, 0.2) is 40.0 Å². The van der Waals surface area contributed by atoms with Crippen LogP contribution < -0.4 is 10.5 Å². The number of carbonyl (C=O) groups is 1. The second-order valence-electron chi connectivity index (χ2n) is 5.52. The molecule has 0 aliphatic carbocycles. The molecule has 10 nitrogen and oxygen atoms in total. The van der Waals surface area contributed by atoms with Crippen molar-refractivity contribution in [2.45, 2.75) is 18.2 Å². The molecule has 0 fully saturated rings. The topological polar surface area (TPSA) is 150 Å². The van der Waals surface area contributed by atoms with E-state index in [0.717, 1.165) is 5.56 Å². The van der Waals surface area contributed by atoms with Crippen LogP contribution in [0.5, 0.6) is 0 Å². The van der Waals surface area contributed by atoms with Crippen LogP contribution in [0.25, 0.3) is 11.1 Å². The predicted octanol–water partition coefficient (Wildman–Crippen LogP) is 1.10. The van der Waals surface area contributed by atoms with Crippen LogP contribution >= 0.6 is 0 Å². The molecule has 3 rings (SSSR count). The number of carbonyl (C=O) groups excluding carboxylic acids is 1. The molecule has 3 N–H and O–H groups in total. The first kappa shape index (κ1) is 18.7. The number of benzene rings is 1. The molecule has 0 atom stereocenters. The van der Waals surface area contributed by atoms with Crippen LogP contribution in [0.4, 0.5) is 5.82 Å². The second kappa shape index (κ2) is 7.68. The maximum atomic E-state index is 12.0. The quantitative estimate of drug-likeness (QED) is 0.564. The summed E-state index contributed by atoms with van der Waals surface area (Å²) >= 11 is 0. The van der Waals surface area contributed by atoms with E-state index >= 15 is 0 Å². The number of esters is 1. The van der Waals surface area contributed by atoms with E-state index < -0.39 is 16.0 Å². The van der Waals surface area contributed by atoms with Crippen molar-refractivity contribution in [1.82, 2.24) is 15.1 Å². The summed E-state index contributed by atoms with van der Waals surface area (Å²) in [5.74, 6) is -0.224. The van der Waals surface area contributed by atoms with Crippen molar-refractivity contribution in [3.8, 4) is 0 Å². The van der Waals surface area contributed by atoms with E-state index in [0.29, 0.717) is 24.2 Å². The Morgan fingerprint density at radius 2 is 2.00 bits per heavy atom. The van der Waals surface area contributed by atoms with Gasteiger partial charge in [0, 0.05) is 6.54 Å². The molecule has 0 aliphatic rings. The highest BCUT2D eigenvalue weighted by atomic mass is 32.2. The summed E-state index contributed by atoms with van der Waals surface area (Å²) in [4.78, 5) is 20.1. The Kier molecular flexibility index (Phi) is 5.33. The number of anilines is 1. The number of nitrogens with zero attached hydrogens (tertiary/aromatic N) is 3. The van der Waals surface area contributed by atoms with Crippen molar-refractivity contribution in [2.75, 3.05) is 18.5 Å². The molecule has 11 heteroatoms. The van der Waals surface area contributed by atoms with Gasteiger partial charge in [-0.2, -0.15) is 4.98 Å². The van der Waals surface area contributed by atoms with E-state index in [1.54, 1.807) is 19.1 Å². The molecular weight excluding hydrogens is 374 g/mol. The van der Waals surface area contributed by atoms with Crippen molar-refractivity contribution in [3.05, 3.63) is 41.9 Å². The monoisotopic (exact) mass is 391 g/mol. The van der Waals surface area contributed by atoms with E-state index in [1.807, 2.05) is 0 Å². The highest BCUT2D eigenvalue weighted by Gasteiger charge is 2.22. The number of fused-ring (bicyclic) bond motifs is 1. The van der Waals surface area contributed by atoms with E-state index in [-0.39, 0.29) is 22.9 Å². The summed E-state index contributed by atoms with van der Waals surface area (Å²) in [5.41, 5.74) is 1.08. The molecule has 0 saturated heterocycles. The fourth-order valence-electron chi connectivity index (χ4n) is 2.43. The molecule has 27 heavy (non-hydrogen) atoms. The summed E-state index contributed by atoms with van der Waals surface area (Å²) in [6.07, 6.45) is 1.88. The average Bonchev–Trinajstić information content (AvgIpc) is 3.07. The van der Waals surface area contributed by atoms with Gasteiger partial charge >= 0.3 is 5.97 Å². The zero-order valence-corrected chi connectivity index (χ0v) is 15.2. The summed E-state index contributed by atoms with van der Waals surface area (Å²) in [6.45, 7) is 2.36. The van der Waals surface area contributed by atoms with Gasteiger partial charge in [0.2, 0.25) is 15.7 Å². The summed E-state index contributed by atoms with van der Waals surface area (Å²) in [6, 6.07) is 6.26. The highest BCUT2D eigenvalue weighted by molar-refractivity contribution is 7.89. The van der Waals surface area contributed by atoms with Gasteiger partial charge in [-0.1, -0.05) is 17.3 Å². The summed E-state index contributed by atoms with van der Waals surface area (Å²) in [5, 5.41) is 12.2. The first-order valence-electron chi connectivity index (χ1n) is 8.03. The Labute approximate surface area is 154 Å². The highest BCUT2D eigenvalue weighted by Crippen LogP contribution is 2.24. The zero-order chi connectivity index (χ0) is 19.4. The van der Waals surface area contributed by atoms with Gasteiger partial charge < -0.3 is 14.6 Å². The lowest BCUT2D eigenvalue weighted by atomic mass is 10.1. The van der Waals surface area contributed by atoms with Gasteiger partial charge in [0.15, 0.2) is 0 Å². The predicted molar refractivity (Wildman–Crippen MR) is 95.6 cm³/mol. The van der Waals surface area contributed by atoms with E-state index in [1.165, 1.54) is 18.5 Å². The standard InChI is InChI=1S/C16H17N5O5S/c1-2-25-16(22)13-12-14(19-9-20-15(12)26-21-13)18-8-7-10-3-5-11(6-4-10)27(17,23)24/h3-6,9H,2,7-8H2,1H3,(H2,17,23,24)(H,18,19,20). The van der Waals surface area contributed by atoms with Crippen LogP contribution in [0.1, 0.15) is 23.0 Å². The van der Waals surface area contributed by atoms with E-state index in [2.05, 4.69) is 20.4 Å². The van der Waals surface area contributed by atoms with E-state index in [9.17, 15) is 13.2 Å². The van der Waals surface area contributed by atoms with Crippen molar-refractivity contribution < 1.29 is 22.5 Å². The third-order valence-electron chi connectivity index (χ3n) is 3.70. The summed E-state index contributed by atoms with van der Waals surface area (Å²) < 4.78 is 32.6. The van der Waals surface area contributed by atoms with Crippen LogP contribution in [-0.4, -0.2) is 42.7 Å². The Balaban J connectivity index is 1.73. The van der Waals surface area contributed by atoms with Gasteiger partial charge in [0.25, 0.3) is 5.71 Å². The molecule has 1 aromatic carbocycles. The number of primary sulfonamides is 1. The Hall–Kier alpha value is -3.05. The maximum absolute atomic E-state index is 12.0. The Morgan fingerprint density at radius 1 is 1.26 bits per heavy atom. The minimum absolute atomic E-state index is 0.00690. The van der Waals surface area contributed by atoms with Gasteiger partial charge in [0.05, 0.1) is 11.5 Å². The number of rotatable bonds is 7. The van der Waals surface area contributed by atoms with Crippen LogP contribution in [0, 0.1) is 0 Å². The number of nitrogens with two attached hydrogens (primary N) is 1. The normalized spacial score (nSPS) is 11.5. The van der Waals surface area contributed by atoms with Gasteiger partial charge in [0.1, 0.15) is 17.5 Å². The molecule has 0 saturated carbocycles. The number of aromatic nitrogens is 3. The lowest BCUT2D eigenvalue weighted by molar-refractivity contribution is 0.0517. The average molecular weight is 391 g/mol. The SMILES string of the molecule is CCOC(=O)c1noc2ncnc(NCCc3ccc(S(N)(=O)=O)cc3)c12. The molecular formula is C16H17N5O5S. The number of nitrogens with one attached hydrogen (secondary N) is 1. The maximum Gasteiger partial charge on any atom is 0.361 e. The van der Waals surface area contributed by atoms with Crippen molar-refractivity contribution in [1.29, 1.82) is 0 Å². The fraction of sp³-hybridized carbons (Fsp3) is 0.250. The third kappa shape index (κ3) is 4.20. The first-order valence-corrected chi connectivity index (χ1v) is 9.58. The number of hydrogen-bond acceptors (Lipinski definition) is 9. The number of ether oxygens (including phenoxy) is 1. The molecule has 0 aliphatic heterocycles. The minimum Gasteiger partial charge on any atom is -0.461 e. The molecule has 2 aromatic heterocycles. The third-order valence-corrected chi connectivity index (χ3v) is 4.63.